The smallest absolute Gasteiger partial charge is 0.291 e. The van der Waals surface area contributed by atoms with Crippen LogP contribution in [-0.4, -0.2) is 22.5 Å². The summed E-state index contributed by atoms with van der Waals surface area (Å²) in [5, 5.41) is 7.30. The summed E-state index contributed by atoms with van der Waals surface area (Å²) in [5.41, 5.74) is 3.70. The summed E-state index contributed by atoms with van der Waals surface area (Å²) in [7, 11) is 0. The largest absolute Gasteiger partial charge is 0.494 e. The van der Waals surface area contributed by atoms with E-state index in [0.29, 0.717) is 12.6 Å². The van der Waals surface area contributed by atoms with Crippen molar-refractivity contribution < 1.29 is 13.9 Å². The number of thiophene rings is 1. The molecule has 3 aromatic heterocycles. The van der Waals surface area contributed by atoms with Gasteiger partial charge in [-0.25, -0.2) is 9.97 Å². The Hall–Kier alpha value is -3.65. The number of rotatable bonds is 9. The summed E-state index contributed by atoms with van der Waals surface area (Å²) < 4.78 is 10.9. The molecule has 0 spiro atoms. The summed E-state index contributed by atoms with van der Waals surface area (Å²) in [4.78, 5) is 23.1. The van der Waals surface area contributed by atoms with Crippen molar-refractivity contribution in [2.45, 2.75) is 40.2 Å². The van der Waals surface area contributed by atoms with Crippen molar-refractivity contribution in [3.8, 4) is 5.75 Å². The van der Waals surface area contributed by atoms with Gasteiger partial charge in [-0.15, -0.1) is 11.3 Å². The van der Waals surface area contributed by atoms with Crippen LogP contribution in [0, 0.1) is 13.8 Å². The summed E-state index contributed by atoms with van der Waals surface area (Å²) in [6.07, 6.45) is 2.34. The highest BCUT2D eigenvalue weighted by atomic mass is 32.1. The van der Waals surface area contributed by atoms with Gasteiger partial charge in [0.25, 0.3) is 5.91 Å². The summed E-state index contributed by atoms with van der Waals surface area (Å²) in [6, 6.07) is 15.1. The highest BCUT2D eigenvalue weighted by Crippen LogP contribution is 2.38. The number of amides is 1. The molecule has 176 valence electrons. The fraction of sp³-hybridized carbons (Fsp3) is 0.269. The van der Waals surface area contributed by atoms with Gasteiger partial charge >= 0.3 is 0 Å². The van der Waals surface area contributed by atoms with E-state index in [-0.39, 0.29) is 17.7 Å². The first-order valence-electron chi connectivity index (χ1n) is 11.3. The van der Waals surface area contributed by atoms with E-state index in [1.807, 2.05) is 51.1 Å². The number of nitrogens with zero attached hydrogens (tertiary/aromatic N) is 2. The maximum Gasteiger partial charge on any atom is 0.291 e. The van der Waals surface area contributed by atoms with Gasteiger partial charge in [0.05, 0.1) is 18.9 Å². The Morgan fingerprint density at radius 1 is 1.09 bits per heavy atom. The molecular formula is C26H28N4O3S. The highest BCUT2D eigenvalue weighted by molar-refractivity contribution is 7.16. The molecule has 7 nitrogen and oxygen atoms in total. The van der Waals surface area contributed by atoms with Gasteiger partial charge in [0, 0.05) is 21.8 Å². The lowest BCUT2D eigenvalue weighted by atomic mass is 9.99. The molecule has 0 aliphatic rings. The van der Waals surface area contributed by atoms with Gasteiger partial charge in [0.15, 0.2) is 5.76 Å². The number of carbonyl (C=O) groups is 1. The SMILES string of the molecule is CCOc1ccc([C@@H](Nc2nc(C)cc(C)n2)c2cc(CC)sc2NC(=O)c2ccco2)cc1. The number of nitrogens with one attached hydrogen (secondary N) is 2. The van der Waals surface area contributed by atoms with E-state index < -0.39 is 0 Å². The predicted octanol–water partition coefficient (Wildman–Crippen LogP) is 6.16. The Bertz CT molecular complexity index is 1230. The second-order valence-electron chi connectivity index (χ2n) is 7.84. The van der Waals surface area contributed by atoms with Crippen LogP contribution in [0.2, 0.25) is 0 Å². The van der Waals surface area contributed by atoms with Gasteiger partial charge in [-0.3, -0.25) is 4.79 Å². The van der Waals surface area contributed by atoms with Crippen molar-refractivity contribution >= 4 is 28.2 Å². The van der Waals surface area contributed by atoms with Crippen LogP contribution in [0.25, 0.3) is 0 Å². The zero-order chi connectivity index (χ0) is 24.1. The number of carbonyl (C=O) groups excluding carboxylic acids is 1. The average Bonchev–Trinajstić information content (AvgIpc) is 3.48. The number of benzene rings is 1. The Labute approximate surface area is 203 Å². The molecule has 0 saturated carbocycles. The summed E-state index contributed by atoms with van der Waals surface area (Å²) in [6.45, 7) is 8.55. The molecular weight excluding hydrogens is 448 g/mol. The van der Waals surface area contributed by atoms with Crippen molar-refractivity contribution in [1.29, 1.82) is 0 Å². The Kier molecular flexibility index (Phi) is 7.27. The summed E-state index contributed by atoms with van der Waals surface area (Å²) in [5.74, 6) is 1.31. The van der Waals surface area contributed by atoms with Crippen molar-refractivity contribution in [3.63, 3.8) is 0 Å². The number of hydrogen-bond donors (Lipinski definition) is 2. The number of anilines is 2. The first-order valence-corrected chi connectivity index (χ1v) is 12.1. The van der Waals surface area contributed by atoms with Crippen LogP contribution in [0.3, 0.4) is 0 Å². The fourth-order valence-electron chi connectivity index (χ4n) is 3.70. The van der Waals surface area contributed by atoms with Gasteiger partial charge in [0.1, 0.15) is 10.8 Å². The molecule has 34 heavy (non-hydrogen) atoms. The Morgan fingerprint density at radius 3 is 2.44 bits per heavy atom. The van der Waals surface area contributed by atoms with E-state index in [0.717, 1.165) is 44.6 Å². The minimum Gasteiger partial charge on any atom is -0.494 e. The van der Waals surface area contributed by atoms with E-state index >= 15 is 0 Å². The number of furan rings is 1. The predicted molar refractivity (Wildman–Crippen MR) is 135 cm³/mol. The standard InChI is InChI=1S/C26H28N4O3S/c1-5-20-15-21(25(34-20)30-24(31)22-8-7-13-33-22)23(18-9-11-19(12-10-18)32-6-2)29-26-27-16(3)14-17(4)28-26/h7-15,23H,5-6H2,1-4H3,(H,30,31)(H,27,28,29)/t23-/m1/s1. The quantitative estimate of drug-likeness (QED) is 0.301. The Morgan fingerprint density at radius 2 is 1.82 bits per heavy atom. The fourth-order valence-corrected chi connectivity index (χ4v) is 4.73. The monoisotopic (exact) mass is 476 g/mol. The molecule has 0 aliphatic carbocycles. The molecule has 8 heteroatoms. The highest BCUT2D eigenvalue weighted by Gasteiger charge is 2.24. The molecule has 1 amide bonds. The number of aromatic nitrogens is 2. The van der Waals surface area contributed by atoms with E-state index in [2.05, 4.69) is 33.6 Å². The molecule has 0 bridgehead atoms. The number of aryl methyl sites for hydroxylation is 3. The third kappa shape index (κ3) is 5.46. The molecule has 1 aromatic carbocycles. The molecule has 4 rings (SSSR count). The van der Waals surface area contributed by atoms with Gasteiger partial charge < -0.3 is 19.8 Å². The van der Waals surface area contributed by atoms with Crippen LogP contribution in [-0.2, 0) is 6.42 Å². The van der Waals surface area contributed by atoms with E-state index in [4.69, 9.17) is 9.15 Å². The number of hydrogen-bond acceptors (Lipinski definition) is 7. The molecule has 0 aliphatic heterocycles. The zero-order valence-corrected chi connectivity index (χ0v) is 20.5. The van der Waals surface area contributed by atoms with E-state index in [9.17, 15) is 4.79 Å². The first kappa shape index (κ1) is 23.5. The third-order valence-electron chi connectivity index (χ3n) is 5.22. The van der Waals surface area contributed by atoms with E-state index in [1.165, 1.54) is 6.26 Å². The second kappa shape index (κ2) is 10.5. The van der Waals surface area contributed by atoms with Crippen molar-refractivity contribution in [2.75, 3.05) is 17.2 Å². The molecule has 4 aromatic rings. The third-order valence-corrected chi connectivity index (χ3v) is 6.43. The van der Waals surface area contributed by atoms with Gasteiger partial charge in [-0.1, -0.05) is 19.1 Å². The normalized spacial score (nSPS) is 11.8. The van der Waals surface area contributed by atoms with Crippen LogP contribution in [0.1, 0.15) is 57.8 Å². The van der Waals surface area contributed by atoms with Crippen LogP contribution in [0.5, 0.6) is 5.75 Å². The molecule has 3 heterocycles. The minimum absolute atomic E-state index is 0.264. The van der Waals surface area contributed by atoms with E-state index in [1.54, 1.807) is 23.5 Å². The molecule has 0 unspecified atom stereocenters. The zero-order valence-electron chi connectivity index (χ0n) is 19.7. The van der Waals surface area contributed by atoms with Crippen LogP contribution in [0.15, 0.2) is 59.2 Å². The molecule has 0 saturated heterocycles. The molecule has 0 fully saturated rings. The molecule has 2 N–H and O–H groups in total. The topological polar surface area (TPSA) is 89.3 Å². The number of ether oxygens (including phenoxy) is 1. The second-order valence-corrected chi connectivity index (χ2v) is 8.97. The average molecular weight is 477 g/mol. The molecule has 0 radical (unpaired) electrons. The van der Waals surface area contributed by atoms with Crippen LogP contribution < -0.4 is 15.4 Å². The first-order chi connectivity index (χ1) is 16.5. The van der Waals surface area contributed by atoms with Crippen molar-refractivity contribution in [1.82, 2.24) is 9.97 Å². The minimum atomic E-state index is -0.291. The van der Waals surface area contributed by atoms with Gasteiger partial charge in [-0.05, 0) is 69.2 Å². The van der Waals surface area contributed by atoms with Crippen LogP contribution >= 0.6 is 11.3 Å². The maximum atomic E-state index is 12.8. The summed E-state index contributed by atoms with van der Waals surface area (Å²) >= 11 is 1.56. The lowest BCUT2D eigenvalue weighted by Crippen LogP contribution is -2.18. The van der Waals surface area contributed by atoms with Gasteiger partial charge in [-0.2, -0.15) is 0 Å². The van der Waals surface area contributed by atoms with Crippen LogP contribution in [0.4, 0.5) is 10.9 Å². The van der Waals surface area contributed by atoms with Crippen molar-refractivity contribution in [3.05, 3.63) is 87.9 Å². The van der Waals surface area contributed by atoms with Gasteiger partial charge in [0.2, 0.25) is 5.95 Å². The maximum absolute atomic E-state index is 12.8. The lowest BCUT2D eigenvalue weighted by molar-refractivity contribution is 0.0997. The molecule has 1 atom stereocenters. The van der Waals surface area contributed by atoms with Crippen molar-refractivity contribution in [2.24, 2.45) is 0 Å². The Balaban J connectivity index is 1.75. The lowest BCUT2D eigenvalue weighted by Gasteiger charge is -2.21.